The van der Waals surface area contributed by atoms with Crippen LogP contribution < -0.4 is 0 Å². The molecule has 16 heavy (non-hydrogen) atoms. The van der Waals surface area contributed by atoms with Gasteiger partial charge in [-0.2, -0.15) is 0 Å². The summed E-state index contributed by atoms with van der Waals surface area (Å²) < 4.78 is 26.5. The van der Waals surface area contributed by atoms with E-state index in [2.05, 4.69) is 15.9 Å². The molecule has 1 aliphatic carbocycles. The summed E-state index contributed by atoms with van der Waals surface area (Å²) in [6.07, 6.45) is 7.17. The van der Waals surface area contributed by atoms with E-state index >= 15 is 0 Å². The van der Waals surface area contributed by atoms with E-state index in [0.29, 0.717) is 11.4 Å². The largest absolute Gasteiger partial charge is 0.217 e. The molecule has 1 saturated carbocycles. The fourth-order valence-electron chi connectivity index (χ4n) is 2.70. The lowest BCUT2D eigenvalue weighted by molar-refractivity contribution is 0.343. The fraction of sp³-hybridized carbons (Fsp3) is 1.00. The van der Waals surface area contributed by atoms with Crippen LogP contribution in [0.15, 0.2) is 0 Å². The molecular formula is C11H20BrNO2S. The molecule has 1 atom stereocenters. The minimum atomic E-state index is -3.01. The van der Waals surface area contributed by atoms with E-state index < -0.39 is 10.0 Å². The third kappa shape index (κ3) is 2.79. The molecule has 1 unspecified atom stereocenters. The van der Waals surface area contributed by atoms with E-state index in [4.69, 9.17) is 0 Å². The zero-order chi connectivity index (χ0) is 11.6. The van der Waals surface area contributed by atoms with Crippen LogP contribution in [0, 0.1) is 0 Å². The molecule has 0 aromatic carbocycles. The maximum atomic E-state index is 12.4. The summed E-state index contributed by atoms with van der Waals surface area (Å²) in [5, 5.41) is -0.0981. The van der Waals surface area contributed by atoms with Crippen LogP contribution in [0.1, 0.15) is 44.9 Å². The van der Waals surface area contributed by atoms with E-state index in [0.717, 1.165) is 45.1 Å². The Morgan fingerprint density at radius 1 is 1.00 bits per heavy atom. The number of rotatable bonds is 2. The Labute approximate surface area is 107 Å². The quantitative estimate of drug-likeness (QED) is 0.735. The van der Waals surface area contributed by atoms with Gasteiger partial charge in [0.15, 0.2) is 0 Å². The van der Waals surface area contributed by atoms with Gasteiger partial charge in [0.2, 0.25) is 10.0 Å². The highest BCUT2D eigenvalue weighted by atomic mass is 79.9. The van der Waals surface area contributed by atoms with Gasteiger partial charge in [0.25, 0.3) is 0 Å². The second-order valence-corrected chi connectivity index (χ2v) is 8.41. The van der Waals surface area contributed by atoms with Gasteiger partial charge >= 0.3 is 0 Å². The van der Waals surface area contributed by atoms with Gasteiger partial charge in [-0.3, -0.25) is 0 Å². The van der Waals surface area contributed by atoms with E-state index in [1.54, 1.807) is 4.31 Å². The molecule has 1 saturated heterocycles. The smallest absolute Gasteiger partial charge is 0.212 e. The second-order valence-electron chi connectivity index (χ2n) is 4.90. The van der Waals surface area contributed by atoms with E-state index in [9.17, 15) is 8.42 Å². The second kappa shape index (κ2) is 5.36. The van der Waals surface area contributed by atoms with Crippen molar-refractivity contribution in [2.24, 2.45) is 0 Å². The Balaban J connectivity index is 2.05. The van der Waals surface area contributed by atoms with E-state index in [1.807, 2.05) is 0 Å². The number of piperidine rings is 1. The van der Waals surface area contributed by atoms with Crippen LogP contribution in [0.2, 0.25) is 0 Å². The highest BCUT2D eigenvalue weighted by Crippen LogP contribution is 2.28. The lowest BCUT2D eigenvalue weighted by Gasteiger charge is -2.33. The molecule has 2 aliphatic rings. The van der Waals surface area contributed by atoms with Crippen LogP contribution in [0.4, 0.5) is 0 Å². The minimum absolute atomic E-state index is 0.0981. The molecule has 0 amide bonds. The van der Waals surface area contributed by atoms with Gasteiger partial charge in [0.1, 0.15) is 0 Å². The summed E-state index contributed by atoms with van der Waals surface area (Å²) in [4.78, 5) is 0.347. The average molecular weight is 310 g/mol. The molecule has 2 rings (SSSR count). The topological polar surface area (TPSA) is 37.4 Å². The molecule has 0 aromatic heterocycles. The number of alkyl halides is 1. The van der Waals surface area contributed by atoms with Crippen molar-refractivity contribution in [2.75, 3.05) is 13.1 Å². The zero-order valence-electron chi connectivity index (χ0n) is 9.57. The summed E-state index contributed by atoms with van der Waals surface area (Å²) in [5.41, 5.74) is 0. The highest BCUT2D eigenvalue weighted by molar-refractivity contribution is 9.09. The summed E-state index contributed by atoms with van der Waals surface area (Å²) in [6, 6.07) is 0. The molecule has 0 radical (unpaired) electrons. The molecular weight excluding hydrogens is 290 g/mol. The van der Waals surface area contributed by atoms with Crippen molar-refractivity contribution in [1.29, 1.82) is 0 Å². The maximum Gasteiger partial charge on any atom is 0.217 e. The lowest BCUT2D eigenvalue weighted by atomic mass is 10.0. The first-order valence-electron chi connectivity index (χ1n) is 6.24. The van der Waals surface area contributed by atoms with Gasteiger partial charge < -0.3 is 0 Å². The van der Waals surface area contributed by atoms with Gasteiger partial charge in [-0.15, -0.1) is 0 Å². The monoisotopic (exact) mass is 309 g/mol. The van der Waals surface area contributed by atoms with Gasteiger partial charge in [0, 0.05) is 17.9 Å². The van der Waals surface area contributed by atoms with Crippen LogP contribution in [0.3, 0.4) is 0 Å². The van der Waals surface area contributed by atoms with Crippen molar-refractivity contribution in [2.45, 2.75) is 55.0 Å². The van der Waals surface area contributed by atoms with Crippen LogP contribution in [0.5, 0.6) is 0 Å². The van der Waals surface area contributed by atoms with Crippen LogP contribution in [-0.2, 0) is 10.0 Å². The predicted octanol–water partition coefficient (Wildman–Crippen LogP) is 2.51. The molecule has 0 spiro atoms. The average Bonchev–Trinajstić information content (AvgIpc) is 2.30. The summed E-state index contributed by atoms with van der Waals surface area (Å²) in [5.74, 6) is 0. The standard InChI is InChI=1S/C11H20BrNO2S/c12-10-5-4-8-13(9-10)16(14,15)11-6-2-1-3-7-11/h10-11H,1-9H2. The molecule has 1 heterocycles. The van der Waals surface area contributed by atoms with Gasteiger partial charge in [0.05, 0.1) is 5.25 Å². The number of hydrogen-bond acceptors (Lipinski definition) is 2. The number of halogens is 1. The summed E-state index contributed by atoms with van der Waals surface area (Å²) in [6.45, 7) is 1.39. The van der Waals surface area contributed by atoms with E-state index in [-0.39, 0.29) is 5.25 Å². The van der Waals surface area contributed by atoms with Crippen molar-refractivity contribution < 1.29 is 8.42 Å². The Morgan fingerprint density at radius 2 is 1.69 bits per heavy atom. The Kier molecular flexibility index (Phi) is 4.30. The zero-order valence-corrected chi connectivity index (χ0v) is 12.0. The molecule has 0 N–H and O–H groups in total. The molecule has 94 valence electrons. The van der Waals surface area contributed by atoms with Gasteiger partial charge in [-0.25, -0.2) is 12.7 Å². The van der Waals surface area contributed by atoms with Gasteiger partial charge in [-0.05, 0) is 25.7 Å². The number of nitrogens with zero attached hydrogens (tertiary/aromatic N) is 1. The first kappa shape index (κ1) is 12.8. The normalized spacial score (nSPS) is 30.4. The molecule has 0 aromatic rings. The predicted molar refractivity (Wildman–Crippen MR) is 69.3 cm³/mol. The SMILES string of the molecule is O=S(=O)(C1CCCCC1)N1CCCC(Br)C1. The van der Waals surface area contributed by atoms with Crippen LogP contribution in [-0.4, -0.2) is 35.9 Å². The number of sulfonamides is 1. The lowest BCUT2D eigenvalue weighted by Crippen LogP contribution is -2.45. The van der Waals surface area contributed by atoms with Crippen molar-refractivity contribution in [3.8, 4) is 0 Å². The first-order valence-corrected chi connectivity index (χ1v) is 8.65. The van der Waals surface area contributed by atoms with Crippen LogP contribution in [0.25, 0.3) is 0 Å². The molecule has 3 nitrogen and oxygen atoms in total. The molecule has 5 heteroatoms. The first-order chi connectivity index (χ1) is 7.60. The van der Waals surface area contributed by atoms with Crippen molar-refractivity contribution >= 4 is 26.0 Å². The van der Waals surface area contributed by atoms with Crippen molar-refractivity contribution in [3.63, 3.8) is 0 Å². The van der Waals surface area contributed by atoms with E-state index in [1.165, 1.54) is 6.42 Å². The molecule has 1 aliphatic heterocycles. The maximum absolute atomic E-state index is 12.4. The van der Waals surface area contributed by atoms with Crippen molar-refractivity contribution in [1.82, 2.24) is 4.31 Å². The Hall–Kier alpha value is 0.390. The minimum Gasteiger partial charge on any atom is -0.212 e. The fourth-order valence-corrected chi connectivity index (χ4v) is 5.68. The third-order valence-electron chi connectivity index (χ3n) is 3.66. The highest BCUT2D eigenvalue weighted by Gasteiger charge is 2.35. The molecule has 0 bridgehead atoms. The van der Waals surface area contributed by atoms with Gasteiger partial charge in [-0.1, -0.05) is 35.2 Å². The summed E-state index contributed by atoms with van der Waals surface area (Å²) in [7, 11) is -3.01. The van der Waals surface area contributed by atoms with Crippen molar-refractivity contribution in [3.05, 3.63) is 0 Å². The number of hydrogen-bond donors (Lipinski definition) is 0. The van der Waals surface area contributed by atoms with Crippen LogP contribution >= 0.6 is 15.9 Å². The summed E-state index contributed by atoms with van der Waals surface area (Å²) >= 11 is 3.54. The molecule has 2 fully saturated rings. The Morgan fingerprint density at radius 3 is 2.31 bits per heavy atom. The third-order valence-corrected chi connectivity index (χ3v) is 6.77. The Bertz CT molecular complexity index is 325.